The Balaban J connectivity index is 2.77. The van der Waals surface area contributed by atoms with Crippen molar-refractivity contribution in [3.63, 3.8) is 0 Å². The van der Waals surface area contributed by atoms with Gasteiger partial charge in [-0.15, -0.1) is 0 Å². The number of hydrogen-bond acceptors (Lipinski definition) is 4. The van der Waals surface area contributed by atoms with Crippen molar-refractivity contribution in [2.24, 2.45) is 11.5 Å². The first-order valence-electron chi connectivity index (χ1n) is 4.32. The lowest BCUT2D eigenvalue weighted by molar-refractivity contribution is -0.118. The third kappa shape index (κ3) is 2.99. The van der Waals surface area contributed by atoms with Crippen LogP contribution in [0.3, 0.4) is 0 Å². The van der Waals surface area contributed by atoms with Crippen molar-refractivity contribution in [2.75, 3.05) is 0 Å². The monoisotopic (exact) mass is 238 g/mol. The minimum Gasteiger partial charge on any atom is -0.391 e. The molecule has 1 heterocycles. The second-order valence-electron chi connectivity index (χ2n) is 2.95. The van der Waals surface area contributed by atoms with Gasteiger partial charge in [0.15, 0.2) is 6.04 Å². The highest BCUT2D eigenvalue weighted by molar-refractivity contribution is 7.80. The molecule has 1 aromatic rings. The van der Waals surface area contributed by atoms with E-state index in [1.807, 2.05) is 0 Å². The van der Waals surface area contributed by atoms with Crippen LogP contribution >= 0.6 is 12.2 Å². The molecule has 1 aromatic heterocycles. The number of hydrogen-bond donors (Lipinski definition) is 3. The Labute approximate surface area is 97.0 Å². The summed E-state index contributed by atoms with van der Waals surface area (Å²) in [7, 11) is 0. The molecule has 6 nitrogen and oxygen atoms in total. The number of nitrogens with zero attached hydrogens (tertiary/aromatic N) is 1. The Morgan fingerprint density at radius 1 is 1.31 bits per heavy atom. The number of pyridine rings is 1. The van der Waals surface area contributed by atoms with Crippen molar-refractivity contribution >= 4 is 29.0 Å². The van der Waals surface area contributed by atoms with Gasteiger partial charge in [-0.2, -0.15) is 0 Å². The van der Waals surface area contributed by atoms with Crippen molar-refractivity contribution in [3.8, 4) is 0 Å². The van der Waals surface area contributed by atoms with Gasteiger partial charge in [-0.05, 0) is 12.1 Å². The molecule has 0 aromatic carbocycles. The highest BCUT2D eigenvalue weighted by Gasteiger charge is 2.21. The lowest BCUT2D eigenvalue weighted by Gasteiger charge is -2.13. The summed E-state index contributed by atoms with van der Waals surface area (Å²) in [5.41, 5.74) is 10.6. The Kier molecular flexibility index (Phi) is 3.90. The number of aromatic nitrogens is 1. The predicted molar refractivity (Wildman–Crippen MR) is 61.5 cm³/mol. The van der Waals surface area contributed by atoms with Gasteiger partial charge in [0, 0.05) is 18.0 Å². The average molecular weight is 238 g/mol. The fraction of sp³-hybridized carbons (Fsp3) is 0.111. The van der Waals surface area contributed by atoms with E-state index >= 15 is 0 Å². The highest BCUT2D eigenvalue weighted by atomic mass is 32.1. The molecule has 1 rings (SSSR count). The lowest BCUT2D eigenvalue weighted by atomic mass is 10.2. The van der Waals surface area contributed by atoms with Crippen LogP contribution in [0.1, 0.15) is 10.4 Å². The summed E-state index contributed by atoms with van der Waals surface area (Å²) in [6.07, 6.45) is 2.91. The number of thiocarbonyl (C=S) groups is 1. The normalized spacial score (nSPS) is 11.5. The Morgan fingerprint density at radius 2 is 1.88 bits per heavy atom. The van der Waals surface area contributed by atoms with Crippen LogP contribution in [0.25, 0.3) is 0 Å². The van der Waals surface area contributed by atoms with E-state index < -0.39 is 17.9 Å². The first-order valence-corrected chi connectivity index (χ1v) is 4.72. The number of carbonyl (C=O) groups excluding carboxylic acids is 2. The van der Waals surface area contributed by atoms with Crippen molar-refractivity contribution in [2.45, 2.75) is 6.04 Å². The third-order valence-corrected chi connectivity index (χ3v) is 2.02. The molecule has 16 heavy (non-hydrogen) atoms. The first-order chi connectivity index (χ1) is 7.52. The number of rotatable bonds is 4. The lowest BCUT2D eigenvalue weighted by Crippen LogP contribution is -2.51. The zero-order valence-corrected chi connectivity index (χ0v) is 9.03. The number of primary amides is 1. The van der Waals surface area contributed by atoms with Crippen LogP contribution in [0.5, 0.6) is 0 Å². The molecular formula is C9H10N4O2S. The van der Waals surface area contributed by atoms with Crippen LogP contribution in [-0.2, 0) is 4.79 Å². The van der Waals surface area contributed by atoms with E-state index in [0.717, 1.165) is 0 Å². The molecule has 7 heteroatoms. The summed E-state index contributed by atoms with van der Waals surface area (Å²) in [5.74, 6) is -1.28. The van der Waals surface area contributed by atoms with Crippen molar-refractivity contribution in [1.29, 1.82) is 0 Å². The SMILES string of the molecule is NC(=O)[C@@H](NC(=O)c1ccncc1)C(N)=S. The summed E-state index contributed by atoms with van der Waals surface area (Å²) in [5, 5.41) is 2.32. The quantitative estimate of drug-likeness (QED) is 0.580. The molecule has 0 spiro atoms. The van der Waals surface area contributed by atoms with Crippen LogP contribution in [0.15, 0.2) is 24.5 Å². The molecule has 0 saturated carbocycles. The summed E-state index contributed by atoms with van der Waals surface area (Å²) in [6.45, 7) is 0. The van der Waals surface area contributed by atoms with E-state index in [0.29, 0.717) is 5.56 Å². The van der Waals surface area contributed by atoms with Crippen molar-refractivity contribution in [1.82, 2.24) is 10.3 Å². The van der Waals surface area contributed by atoms with E-state index in [1.165, 1.54) is 24.5 Å². The molecule has 0 aliphatic heterocycles. The van der Waals surface area contributed by atoms with E-state index in [1.54, 1.807) is 0 Å². The van der Waals surface area contributed by atoms with Gasteiger partial charge in [0.05, 0.1) is 0 Å². The fourth-order valence-corrected chi connectivity index (χ4v) is 1.18. The number of amides is 2. The molecule has 0 aliphatic carbocycles. The number of nitrogens with two attached hydrogens (primary N) is 2. The van der Waals surface area contributed by atoms with Crippen LogP contribution < -0.4 is 16.8 Å². The number of carbonyl (C=O) groups is 2. The van der Waals surface area contributed by atoms with Crippen LogP contribution in [0.2, 0.25) is 0 Å². The van der Waals surface area contributed by atoms with Crippen LogP contribution in [0.4, 0.5) is 0 Å². The Bertz CT molecular complexity index is 407. The number of nitrogens with one attached hydrogen (secondary N) is 1. The van der Waals surface area contributed by atoms with Gasteiger partial charge in [-0.3, -0.25) is 14.6 Å². The van der Waals surface area contributed by atoms with E-state index in [-0.39, 0.29) is 4.99 Å². The second kappa shape index (κ2) is 5.17. The van der Waals surface area contributed by atoms with Gasteiger partial charge in [0.2, 0.25) is 5.91 Å². The molecule has 0 unspecified atom stereocenters. The molecule has 5 N–H and O–H groups in total. The summed E-state index contributed by atoms with van der Waals surface area (Å²) in [4.78, 5) is 26.1. The topological polar surface area (TPSA) is 111 Å². The summed E-state index contributed by atoms with van der Waals surface area (Å²) >= 11 is 4.61. The van der Waals surface area contributed by atoms with Gasteiger partial charge < -0.3 is 16.8 Å². The second-order valence-corrected chi connectivity index (χ2v) is 3.42. The largest absolute Gasteiger partial charge is 0.391 e. The minimum atomic E-state index is -1.14. The molecule has 1 atom stereocenters. The molecule has 0 fully saturated rings. The zero-order chi connectivity index (χ0) is 12.1. The molecule has 0 bridgehead atoms. The van der Waals surface area contributed by atoms with Gasteiger partial charge >= 0.3 is 0 Å². The van der Waals surface area contributed by atoms with Crippen LogP contribution in [0, 0.1) is 0 Å². The van der Waals surface area contributed by atoms with Crippen molar-refractivity contribution < 1.29 is 9.59 Å². The average Bonchev–Trinajstić information content (AvgIpc) is 2.25. The molecule has 0 aliphatic rings. The third-order valence-electron chi connectivity index (χ3n) is 1.79. The van der Waals surface area contributed by atoms with Gasteiger partial charge in [-0.25, -0.2) is 0 Å². The van der Waals surface area contributed by atoms with Gasteiger partial charge in [0.1, 0.15) is 4.99 Å². The molecule has 2 amide bonds. The first kappa shape index (κ1) is 12.1. The van der Waals surface area contributed by atoms with Crippen molar-refractivity contribution in [3.05, 3.63) is 30.1 Å². The fourth-order valence-electron chi connectivity index (χ4n) is 1.00. The molecule has 0 saturated heterocycles. The smallest absolute Gasteiger partial charge is 0.252 e. The summed E-state index contributed by atoms with van der Waals surface area (Å²) < 4.78 is 0. The highest BCUT2D eigenvalue weighted by Crippen LogP contribution is 1.97. The van der Waals surface area contributed by atoms with Gasteiger partial charge in [0.25, 0.3) is 5.91 Å². The van der Waals surface area contributed by atoms with E-state index in [9.17, 15) is 9.59 Å². The Hall–Kier alpha value is -2.02. The minimum absolute atomic E-state index is 0.171. The Morgan fingerprint density at radius 3 is 2.31 bits per heavy atom. The van der Waals surface area contributed by atoms with Gasteiger partial charge in [-0.1, -0.05) is 12.2 Å². The van der Waals surface area contributed by atoms with E-state index in [4.69, 9.17) is 11.5 Å². The summed E-state index contributed by atoms with van der Waals surface area (Å²) in [6, 6.07) is 1.84. The van der Waals surface area contributed by atoms with E-state index in [2.05, 4.69) is 22.5 Å². The predicted octanol–water partition coefficient (Wildman–Crippen LogP) is -1.05. The maximum atomic E-state index is 11.6. The molecule has 84 valence electrons. The molecule has 0 radical (unpaired) electrons. The zero-order valence-electron chi connectivity index (χ0n) is 8.21. The maximum Gasteiger partial charge on any atom is 0.252 e. The molecular weight excluding hydrogens is 228 g/mol. The standard InChI is InChI=1S/C9H10N4O2S/c10-7(14)6(8(11)16)13-9(15)5-1-3-12-4-2-5/h1-4,6H,(H2,10,14)(H2,11,16)(H,13,15)/t6-/m1/s1. The van der Waals surface area contributed by atoms with Crippen LogP contribution in [-0.4, -0.2) is 27.8 Å². The maximum absolute atomic E-state index is 11.6.